The summed E-state index contributed by atoms with van der Waals surface area (Å²) in [5, 5.41) is 0. The quantitative estimate of drug-likeness (QED) is 0.723. The Morgan fingerprint density at radius 2 is 1.96 bits per heavy atom. The van der Waals surface area contributed by atoms with Crippen LogP contribution in [0.5, 0.6) is 0 Å². The number of hydrogen-bond donors (Lipinski definition) is 1. The van der Waals surface area contributed by atoms with Gasteiger partial charge in [0.25, 0.3) is 5.56 Å². The van der Waals surface area contributed by atoms with E-state index in [1.165, 1.54) is 22.6 Å². The lowest BCUT2D eigenvalue weighted by molar-refractivity contribution is -0.147. The van der Waals surface area contributed by atoms with Crippen LogP contribution in [0.3, 0.4) is 0 Å². The molecule has 1 aromatic heterocycles. The van der Waals surface area contributed by atoms with Gasteiger partial charge in [-0.2, -0.15) is 4.98 Å². The van der Waals surface area contributed by atoms with Gasteiger partial charge in [-0.3, -0.25) is 14.3 Å². The summed E-state index contributed by atoms with van der Waals surface area (Å²) in [6, 6.07) is 0.333. The van der Waals surface area contributed by atoms with Gasteiger partial charge in [-0.15, -0.1) is 0 Å². The highest BCUT2D eigenvalue weighted by Crippen LogP contribution is 2.20. The molecular formula is C16H25N5O5. The summed E-state index contributed by atoms with van der Waals surface area (Å²) in [5.74, 6) is -0.158. The molecule has 0 spiro atoms. The molecular weight excluding hydrogens is 342 g/mol. The highest BCUT2D eigenvalue weighted by atomic mass is 16.6. The van der Waals surface area contributed by atoms with Crippen LogP contribution in [0, 0.1) is 0 Å². The third kappa shape index (κ3) is 4.24. The summed E-state index contributed by atoms with van der Waals surface area (Å²) in [4.78, 5) is 43.9. The fourth-order valence-corrected chi connectivity index (χ4v) is 2.67. The van der Waals surface area contributed by atoms with Gasteiger partial charge in [-0.05, 0) is 20.8 Å². The minimum absolute atomic E-state index is 0.0901. The number of aromatic nitrogens is 2. The normalized spacial score (nSPS) is 17.8. The van der Waals surface area contributed by atoms with Crippen LogP contribution in [0.15, 0.2) is 10.9 Å². The van der Waals surface area contributed by atoms with E-state index in [2.05, 4.69) is 4.98 Å². The molecule has 0 aliphatic carbocycles. The van der Waals surface area contributed by atoms with Gasteiger partial charge < -0.3 is 20.1 Å². The van der Waals surface area contributed by atoms with Crippen LogP contribution in [0.2, 0.25) is 0 Å². The number of methoxy groups -OCH3 is 1. The Hall–Kier alpha value is -2.78. The molecule has 1 saturated heterocycles. The van der Waals surface area contributed by atoms with Crippen molar-refractivity contribution in [2.45, 2.75) is 32.4 Å². The zero-order valence-electron chi connectivity index (χ0n) is 15.7. The minimum atomic E-state index is -0.887. The number of hydrogen-bond acceptors (Lipinski definition) is 8. The molecule has 1 atom stereocenters. The van der Waals surface area contributed by atoms with Crippen molar-refractivity contribution >= 4 is 23.8 Å². The number of rotatable bonds is 2. The second-order valence-corrected chi connectivity index (χ2v) is 7.04. The highest BCUT2D eigenvalue weighted by molar-refractivity contribution is 5.82. The molecule has 10 nitrogen and oxygen atoms in total. The summed E-state index contributed by atoms with van der Waals surface area (Å²) in [6.45, 7) is 5.92. The first-order chi connectivity index (χ1) is 12.0. The average Bonchev–Trinajstić information content (AvgIpc) is 2.55. The third-order valence-corrected chi connectivity index (χ3v) is 3.90. The predicted octanol–water partition coefficient (Wildman–Crippen LogP) is -0.0388. The number of nitrogen functional groups attached to an aromatic ring is 1. The van der Waals surface area contributed by atoms with E-state index in [-0.39, 0.29) is 24.5 Å². The van der Waals surface area contributed by atoms with Crippen molar-refractivity contribution in [1.82, 2.24) is 14.5 Å². The molecule has 1 aliphatic heterocycles. The Labute approximate surface area is 151 Å². The highest BCUT2D eigenvalue weighted by Gasteiger charge is 2.39. The number of esters is 1. The summed E-state index contributed by atoms with van der Waals surface area (Å²) in [6.07, 6.45) is -0.595. The predicted molar refractivity (Wildman–Crippen MR) is 94.8 cm³/mol. The van der Waals surface area contributed by atoms with Gasteiger partial charge in [0.05, 0.1) is 13.7 Å². The maximum absolute atomic E-state index is 12.4. The van der Waals surface area contributed by atoms with Crippen molar-refractivity contribution in [1.29, 1.82) is 0 Å². The average molecular weight is 367 g/mol. The third-order valence-electron chi connectivity index (χ3n) is 3.90. The lowest BCUT2D eigenvalue weighted by Gasteiger charge is -2.40. The van der Waals surface area contributed by atoms with E-state index in [1.807, 2.05) is 0 Å². The zero-order valence-corrected chi connectivity index (χ0v) is 15.7. The molecule has 0 radical (unpaired) electrons. The van der Waals surface area contributed by atoms with Crippen LogP contribution >= 0.6 is 0 Å². The number of nitrogens with two attached hydrogens (primary N) is 1. The maximum Gasteiger partial charge on any atom is 0.411 e. The molecule has 2 rings (SSSR count). The summed E-state index contributed by atoms with van der Waals surface area (Å²) in [5.41, 5.74) is 4.68. The molecule has 144 valence electrons. The van der Waals surface area contributed by atoms with Gasteiger partial charge in [-0.25, -0.2) is 9.59 Å². The summed E-state index contributed by atoms with van der Waals surface area (Å²) >= 11 is 0. The SMILES string of the molecule is COC(=O)[C@@H]1CN(c2nc(N)cc(=O)n2C)CCN1C(=O)OC(C)(C)C. The van der Waals surface area contributed by atoms with Crippen molar-refractivity contribution in [3.63, 3.8) is 0 Å². The van der Waals surface area contributed by atoms with Crippen LogP contribution in [0.4, 0.5) is 16.6 Å². The van der Waals surface area contributed by atoms with Gasteiger partial charge >= 0.3 is 12.1 Å². The fourth-order valence-electron chi connectivity index (χ4n) is 2.67. The fraction of sp³-hybridized carbons (Fsp3) is 0.625. The largest absolute Gasteiger partial charge is 0.467 e. The molecule has 1 amide bonds. The first-order valence-corrected chi connectivity index (χ1v) is 8.19. The number of anilines is 2. The van der Waals surface area contributed by atoms with Gasteiger partial charge in [-0.1, -0.05) is 0 Å². The lowest BCUT2D eigenvalue weighted by atomic mass is 10.1. The van der Waals surface area contributed by atoms with E-state index < -0.39 is 23.7 Å². The molecule has 0 unspecified atom stereocenters. The van der Waals surface area contributed by atoms with E-state index in [9.17, 15) is 14.4 Å². The van der Waals surface area contributed by atoms with Gasteiger partial charge in [0.2, 0.25) is 5.95 Å². The Bertz CT molecular complexity index is 754. The number of carbonyl (C=O) groups is 2. The number of ether oxygens (including phenoxy) is 2. The van der Waals surface area contributed by atoms with Crippen LogP contribution in [-0.4, -0.2) is 64.9 Å². The van der Waals surface area contributed by atoms with Crippen molar-refractivity contribution in [2.75, 3.05) is 37.4 Å². The Morgan fingerprint density at radius 3 is 2.54 bits per heavy atom. The molecule has 2 heterocycles. The Kier molecular flexibility index (Phi) is 5.43. The lowest BCUT2D eigenvalue weighted by Crippen LogP contribution is -2.60. The van der Waals surface area contributed by atoms with E-state index in [0.717, 1.165) is 0 Å². The molecule has 0 bridgehead atoms. The zero-order chi connectivity index (χ0) is 19.6. The van der Waals surface area contributed by atoms with Crippen molar-refractivity contribution in [2.24, 2.45) is 7.05 Å². The minimum Gasteiger partial charge on any atom is -0.467 e. The molecule has 0 aromatic carbocycles. The van der Waals surface area contributed by atoms with Crippen molar-refractivity contribution in [3.05, 3.63) is 16.4 Å². The number of nitrogens with zero attached hydrogens (tertiary/aromatic N) is 4. The Morgan fingerprint density at radius 1 is 1.31 bits per heavy atom. The topological polar surface area (TPSA) is 120 Å². The van der Waals surface area contributed by atoms with Crippen molar-refractivity contribution in [3.8, 4) is 0 Å². The number of carbonyl (C=O) groups excluding carboxylic acids is 2. The first kappa shape index (κ1) is 19.5. The summed E-state index contributed by atoms with van der Waals surface area (Å²) < 4.78 is 11.5. The number of piperazine rings is 1. The maximum atomic E-state index is 12.4. The van der Waals surface area contributed by atoms with E-state index in [4.69, 9.17) is 15.2 Å². The van der Waals surface area contributed by atoms with E-state index in [0.29, 0.717) is 12.5 Å². The smallest absolute Gasteiger partial charge is 0.411 e. The molecule has 1 fully saturated rings. The molecule has 1 aromatic rings. The monoisotopic (exact) mass is 367 g/mol. The molecule has 10 heteroatoms. The van der Waals surface area contributed by atoms with Crippen LogP contribution in [0.1, 0.15) is 20.8 Å². The van der Waals surface area contributed by atoms with Crippen LogP contribution < -0.4 is 16.2 Å². The second kappa shape index (κ2) is 7.22. The second-order valence-electron chi connectivity index (χ2n) is 7.04. The molecule has 1 aliphatic rings. The van der Waals surface area contributed by atoms with Gasteiger partial charge in [0.1, 0.15) is 11.4 Å². The van der Waals surface area contributed by atoms with E-state index >= 15 is 0 Å². The first-order valence-electron chi connectivity index (χ1n) is 8.19. The summed E-state index contributed by atoms with van der Waals surface area (Å²) in [7, 11) is 2.82. The molecule has 2 N–H and O–H groups in total. The Balaban J connectivity index is 2.29. The molecule has 26 heavy (non-hydrogen) atoms. The van der Waals surface area contributed by atoms with Crippen molar-refractivity contribution < 1.29 is 19.1 Å². The van der Waals surface area contributed by atoms with Crippen LogP contribution in [-0.2, 0) is 21.3 Å². The van der Waals surface area contributed by atoms with Crippen LogP contribution in [0.25, 0.3) is 0 Å². The standard InChI is InChI=1S/C16H25N5O5/c1-16(2,3)26-15(24)21-7-6-20(9-10(21)13(23)25-5)14-18-11(17)8-12(22)19(14)4/h8,10H,6-7,9,17H2,1-5H3/t10-/m0/s1. The van der Waals surface area contributed by atoms with Gasteiger partial charge in [0.15, 0.2) is 6.04 Å². The van der Waals surface area contributed by atoms with E-state index in [1.54, 1.807) is 32.7 Å². The molecule has 0 saturated carbocycles. The number of amides is 1. The van der Waals surface area contributed by atoms with Gasteiger partial charge in [0, 0.05) is 26.2 Å².